The average Bonchev–Trinajstić information content (AvgIpc) is 1.98. The fourth-order valence-corrected chi connectivity index (χ4v) is 1.10. The fourth-order valence-electron chi connectivity index (χ4n) is 1.10. The Morgan fingerprint density at radius 2 is 1.67 bits per heavy atom. The number of hydrogen-bond acceptors (Lipinski definition) is 3. The molecule has 0 aromatic carbocycles. The van der Waals surface area contributed by atoms with Crippen LogP contribution in [0.5, 0.6) is 0 Å². The largest absolute Gasteiger partial charge is 0.390 e. The zero-order valence-corrected chi connectivity index (χ0v) is 5.07. The molecule has 0 amide bonds. The molecule has 0 aliphatic heterocycles. The first-order valence-corrected chi connectivity index (χ1v) is 3.00. The van der Waals surface area contributed by atoms with Crippen molar-refractivity contribution in [3.8, 4) is 0 Å². The minimum Gasteiger partial charge on any atom is -0.390 e. The first kappa shape index (κ1) is 6.95. The Morgan fingerprint density at radius 3 is 1.78 bits per heavy atom. The Hall–Kier alpha value is -0.160. The Labute approximate surface area is 52.9 Å². The van der Waals surface area contributed by atoms with Gasteiger partial charge in [0.15, 0.2) is 0 Å². The minimum atomic E-state index is -0.993. The normalized spacial score (nSPS) is 52.0. The zero-order valence-electron chi connectivity index (χ0n) is 5.07. The van der Waals surface area contributed by atoms with E-state index in [1.165, 1.54) is 0 Å². The van der Waals surface area contributed by atoms with Crippen molar-refractivity contribution >= 4 is 0 Å². The van der Waals surface area contributed by atoms with Crippen LogP contribution in [-0.4, -0.2) is 39.7 Å². The summed E-state index contributed by atoms with van der Waals surface area (Å²) in [6.07, 6.45) is -2.24. The summed E-state index contributed by atoms with van der Waals surface area (Å²) in [6, 6.07) is -0.227. The molecule has 9 heavy (non-hydrogen) atoms. The third kappa shape index (κ3) is 1.07. The summed E-state index contributed by atoms with van der Waals surface area (Å²) in [6.45, 7) is 0. The molecule has 0 spiro atoms. The first-order chi connectivity index (χ1) is 4.13. The summed E-state index contributed by atoms with van der Waals surface area (Å²) in [5.74, 6) is 0. The van der Waals surface area contributed by atoms with Gasteiger partial charge >= 0.3 is 0 Å². The van der Waals surface area contributed by atoms with Crippen LogP contribution < -0.4 is 5.73 Å². The van der Waals surface area contributed by atoms with Crippen LogP contribution in [0.3, 0.4) is 0 Å². The molecule has 1 saturated carbocycles. The molecular weight excluding hydrogens is 122 g/mol. The maximum Gasteiger partial charge on any atom is 0.134 e. The van der Waals surface area contributed by atoms with E-state index >= 15 is 0 Å². The van der Waals surface area contributed by atoms with Crippen LogP contribution in [0.25, 0.3) is 0 Å². The molecule has 0 aromatic heterocycles. The van der Waals surface area contributed by atoms with Gasteiger partial charge in [0.2, 0.25) is 0 Å². The number of quaternary nitrogens is 1. The predicted molar refractivity (Wildman–Crippen MR) is 29.3 cm³/mol. The van der Waals surface area contributed by atoms with E-state index in [1.807, 2.05) is 0 Å². The number of aliphatic hydroxyl groups excluding tert-OH is 3. The lowest BCUT2D eigenvalue weighted by Crippen LogP contribution is -2.65. The Morgan fingerprint density at radius 1 is 1.11 bits per heavy atom. The summed E-state index contributed by atoms with van der Waals surface area (Å²) in [5.41, 5.74) is 3.55. The molecule has 1 aliphatic carbocycles. The fraction of sp³-hybridized carbons (Fsp3) is 1.00. The van der Waals surface area contributed by atoms with Crippen molar-refractivity contribution in [3.05, 3.63) is 0 Å². The van der Waals surface area contributed by atoms with Gasteiger partial charge in [-0.3, -0.25) is 0 Å². The minimum absolute atomic E-state index is 0.227. The smallest absolute Gasteiger partial charge is 0.134 e. The van der Waals surface area contributed by atoms with Gasteiger partial charge in [0, 0.05) is 6.42 Å². The molecule has 4 atom stereocenters. The first-order valence-electron chi connectivity index (χ1n) is 3.00. The zero-order chi connectivity index (χ0) is 7.02. The van der Waals surface area contributed by atoms with Crippen molar-refractivity contribution in [3.63, 3.8) is 0 Å². The van der Waals surface area contributed by atoms with Crippen LogP contribution in [0.2, 0.25) is 0 Å². The van der Waals surface area contributed by atoms with Gasteiger partial charge in [0.1, 0.15) is 18.2 Å². The molecule has 54 valence electrons. The highest BCUT2D eigenvalue weighted by Gasteiger charge is 2.40. The third-order valence-corrected chi connectivity index (χ3v) is 1.77. The van der Waals surface area contributed by atoms with Gasteiger partial charge in [-0.15, -0.1) is 0 Å². The summed E-state index contributed by atoms with van der Waals surface area (Å²) in [4.78, 5) is 0. The van der Waals surface area contributed by atoms with Crippen molar-refractivity contribution < 1.29 is 21.1 Å². The van der Waals surface area contributed by atoms with E-state index in [2.05, 4.69) is 5.73 Å². The molecule has 0 radical (unpaired) electrons. The highest BCUT2D eigenvalue weighted by molar-refractivity contribution is 4.89. The van der Waals surface area contributed by atoms with E-state index in [-0.39, 0.29) is 6.04 Å². The van der Waals surface area contributed by atoms with Crippen molar-refractivity contribution in [2.24, 2.45) is 0 Å². The third-order valence-electron chi connectivity index (χ3n) is 1.77. The maximum atomic E-state index is 8.96. The monoisotopic (exact) mass is 134 g/mol. The van der Waals surface area contributed by atoms with Crippen LogP contribution in [0.4, 0.5) is 0 Å². The van der Waals surface area contributed by atoms with Gasteiger partial charge in [-0.05, 0) is 0 Å². The van der Waals surface area contributed by atoms with Gasteiger partial charge in [0.25, 0.3) is 0 Å². The molecule has 0 heterocycles. The lowest BCUT2D eigenvalue weighted by atomic mass is 10.2. The second-order valence-electron chi connectivity index (χ2n) is 2.54. The second kappa shape index (κ2) is 2.22. The van der Waals surface area contributed by atoms with E-state index in [1.54, 1.807) is 0 Å². The summed E-state index contributed by atoms with van der Waals surface area (Å²) < 4.78 is 0. The van der Waals surface area contributed by atoms with Crippen molar-refractivity contribution in [1.82, 2.24) is 0 Å². The van der Waals surface area contributed by atoms with Crippen LogP contribution in [0, 0.1) is 0 Å². The molecule has 1 aliphatic rings. The van der Waals surface area contributed by atoms with Crippen LogP contribution in [0.1, 0.15) is 6.42 Å². The molecule has 4 nitrogen and oxygen atoms in total. The summed E-state index contributed by atoms with van der Waals surface area (Å²) in [7, 11) is 0. The maximum absolute atomic E-state index is 8.96. The quantitative estimate of drug-likeness (QED) is 0.286. The predicted octanol–water partition coefficient (Wildman–Crippen LogP) is -2.92. The van der Waals surface area contributed by atoms with E-state index < -0.39 is 18.3 Å². The van der Waals surface area contributed by atoms with Crippen molar-refractivity contribution in [2.45, 2.75) is 30.8 Å². The van der Waals surface area contributed by atoms with Crippen molar-refractivity contribution in [2.75, 3.05) is 0 Å². The molecule has 0 saturated heterocycles. The summed E-state index contributed by atoms with van der Waals surface area (Å²) >= 11 is 0. The molecular formula is C5H12NO3+. The Kier molecular flexibility index (Phi) is 1.72. The van der Waals surface area contributed by atoms with E-state index in [0.29, 0.717) is 6.42 Å². The van der Waals surface area contributed by atoms with E-state index in [9.17, 15) is 0 Å². The SMILES string of the molecule is [NH3+][C@@H]1C[C@H](O)[C@H](O)[C@@H]1O. The van der Waals surface area contributed by atoms with Crippen LogP contribution in [-0.2, 0) is 0 Å². The van der Waals surface area contributed by atoms with E-state index in [4.69, 9.17) is 15.3 Å². The molecule has 0 unspecified atom stereocenters. The standard InChI is InChI=1S/C5H11NO3/c6-2-1-3(7)5(9)4(2)8/h2-5,7-9H,1,6H2/p+1/t2-,3+,4-,5+/m1/s1. The summed E-state index contributed by atoms with van der Waals surface area (Å²) in [5, 5.41) is 26.7. The number of rotatable bonds is 0. The Balaban J connectivity index is 2.54. The van der Waals surface area contributed by atoms with Crippen molar-refractivity contribution in [1.29, 1.82) is 0 Å². The van der Waals surface area contributed by atoms with Crippen LogP contribution in [0.15, 0.2) is 0 Å². The number of hydrogen-bond donors (Lipinski definition) is 4. The second-order valence-corrected chi connectivity index (χ2v) is 2.54. The van der Waals surface area contributed by atoms with E-state index in [0.717, 1.165) is 0 Å². The number of aliphatic hydroxyl groups is 3. The van der Waals surface area contributed by atoms with Gasteiger partial charge in [-0.25, -0.2) is 0 Å². The molecule has 0 bridgehead atoms. The topological polar surface area (TPSA) is 88.3 Å². The van der Waals surface area contributed by atoms with Crippen LogP contribution >= 0.6 is 0 Å². The molecule has 4 heteroatoms. The lowest BCUT2D eigenvalue weighted by Gasteiger charge is -2.09. The molecule has 1 rings (SSSR count). The molecule has 1 fully saturated rings. The molecule has 0 aromatic rings. The van der Waals surface area contributed by atoms with Gasteiger partial charge in [-0.1, -0.05) is 0 Å². The highest BCUT2D eigenvalue weighted by Crippen LogP contribution is 2.16. The average molecular weight is 134 g/mol. The molecule has 6 N–H and O–H groups in total. The Bertz CT molecular complexity index is 96.4. The highest BCUT2D eigenvalue weighted by atomic mass is 16.4. The lowest BCUT2D eigenvalue weighted by molar-refractivity contribution is -0.434. The van der Waals surface area contributed by atoms with Gasteiger partial charge in [-0.2, -0.15) is 0 Å². The van der Waals surface area contributed by atoms with Gasteiger partial charge in [0.05, 0.1) is 6.10 Å². The van der Waals surface area contributed by atoms with Gasteiger partial charge < -0.3 is 21.1 Å².